The lowest BCUT2D eigenvalue weighted by Gasteiger charge is -2.11. The number of methoxy groups -OCH3 is 1. The third-order valence-electron chi connectivity index (χ3n) is 2.75. The van der Waals surface area contributed by atoms with Crippen molar-refractivity contribution in [3.63, 3.8) is 0 Å². The quantitative estimate of drug-likeness (QED) is 0.873. The lowest BCUT2D eigenvalue weighted by molar-refractivity contribution is 0.0596. The summed E-state index contributed by atoms with van der Waals surface area (Å²) in [6.45, 7) is 1.80. The van der Waals surface area contributed by atoms with Crippen molar-refractivity contribution in [3.8, 4) is 0 Å². The zero-order valence-electron chi connectivity index (χ0n) is 11.5. The molecule has 1 heterocycles. The van der Waals surface area contributed by atoms with E-state index in [0.717, 1.165) is 5.69 Å². The summed E-state index contributed by atoms with van der Waals surface area (Å²) in [5, 5.41) is 0. The molecule has 0 saturated carbocycles. The number of rotatable bonds is 4. The second-order valence-electron chi connectivity index (χ2n) is 4.28. The number of pyridine rings is 1. The van der Waals surface area contributed by atoms with Crippen LogP contribution in [-0.2, 0) is 14.8 Å². The number of carbonyl (C=O) groups excluding carboxylic acids is 1. The molecule has 0 radical (unpaired) electrons. The first-order chi connectivity index (χ1) is 9.94. The summed E-state index contributed by atoms with van der Waals surface area (Å²) < 4.78 is 31.7. The predicted molar refractivity (Wildman–Crippen MR) is 77.6 cm³/mol. The molecule has 1 aromatic carbocycles. The molecule has 0 saturated heterocycles. The molecule has 21 heavy (non-hydrogen) atoms. The van der Waals surface area contributed by atoms with Gasteiger partial charge in [0, 0.05) is 5.69 Å². The van der Waals surface area contributed by atoms with Crippen LogP contribution in [-0.4, -0.2) is 26.5 Å². The molecule has 0 unspecified atom stereocenters. The second-order valence-corrected chi connectivity index (χ2v) is 5.93. The maximum Gasteiger partial charge on any atom is 0.339 e. The number of hydrogen-bond donors (Lipinski definition) is 1. The normalized spacial score (nSPS) is 11.0. The van der Waals surface area contributed by atoms with Gasteiger partial charge in [-0.2, -0.15) is 0 Å². The number of nitrogens with zero attached hydrogens (tertiary/aromatic N) is 1. The minimum atomic E-state index is -3.90. The average Bonchev–Trinajstić information content (AvgIpc) is 2.48. The largest absolute Gasteiger partial charge is 0.465 e. The van der Waals surface area contributed by atoms with Crippen LogP contribution in [0.15, 0.2) is 47.5 Å². The zero-order chi connectivity index (χ0) is 15.5. The second kappa shape index (κ2) is 5.92. The Morgan fingerprint density at radius 3 is 2.52 bits per heavy atom. The molecule has 0 bridgehead atoms. The van der Waals surface area contributed by atoms with Crippen LogP contribution >= 0.6 is 0 Å². The lowest BCUT2D eigenvalue weighted by Crippen LogP contribution is -2.17. The number of hydrogen-bond acceptors (Lipinski definition) is 5. The van der Waals surface area contributed by atoms with Crippen molar-refractivity contribution >= 4 is 21.7 Å². The molecule has 0 atom stereocenters. The van der Waals surface area contributed by atoms with Gasteiger partial charge in [0.05, 0.1) is 24.6 Å². The van der Waals surface area contributed by atoms with E-state index in [0.29, 0.717) is 5.69 Å². The Balaban J connectivity index is 2.40. The summed E-state index contributed by atoms with van der Waals surface area (Å²) in [5.74, 6) is -0.710. The van der Waals surface area contributed by atoms with Gasteiger partial charge in [-0.05, 0) is 31.2 Å². The number of aryl methyl sites for hydroxylation is 1. The number of ether oxygens (including phenoxy) is 1. The summed E-state index contributed by atoms with van der Waals surface area (Å²) in [6, 6.07) is 9.13. The number of aromatic nitrogens is 1. The van der Waals surface area contributed by atoms with Crippen LogP contribution in [0, 0.1) is 6.92 Å². The van der Waals surface area contributed by atoms with Gasteiger partial charge in [0.1, 0.15) is 4.90 Å². The predicted octanol–water partition coefficient (Wildman–Crippen LogP) is 1.98. The van der Waals surface area contributed by atoms with Crippen molar-refractivity contribution < 1.29 is 17.9 Å². The first-order valence-corrected chi connectivity index (χ1v) is 7.55. The fraction of sp³-hybridized carbons (Fsp3) is 0.143. The van der Waals surface area contributed by atoms with Crippen LogP contribution < -0.4 is 4.72 Å². The molecule has 6 nitrogen and oxygen atoms in total. The minimum absolute atomic E-state index is 0.0208. The van der Waals surface area contributed by atoms with Crippen LogP contribution in [0.4, 0.5) is 5.69 Å². The third kappa shape index (κ3) is 3.38. The Labute approximate surface area is 122 Å². The molecule has 110 valence electrons. The van der Waals surface area contributed by atoms with Crippen LogP contribution in [0.25, 0.3) is 0 Å². The van der Waals surface area contributed by atoms with Gasteiger partial charge >= 0.3 is 5.97 Å². The number of esters is 1. The highest BCUT2D eigenvalue weighted by atomic mass is 32.2. The molecular formula is C14H14N2O4S. The standard InChI is InChI=1S/C14H14N2O4S/c1-10-7-8-11(9-15-10)16-21(18,19)13-6-4-3-5-12(13)14(17)20-2/h3-9,16H,1-2H3. The van der Waals surface area contributed by atoms with Crippen molar-refractivity contribution in [3.05, 3.63) is 53.9 Å². The molecular weight excluding hydrogens is 292 g/mol. The fourth-order valence-electron chi connectivity index (χ4n) is 1.72. The molecule has 0 aliphatic heterocycles. The molecule has 7 heteroatoms. The van der Waals surface area contributed by atoms with Crippen molar-refractivity contribution in [1.29, 1.82) is 0 Å². The van der Waals surface area contributed by atoms with E-state index in [1.54, 1.807) is 25.1 Å². The summed E-state index contributed by atoms with van der Waals surface area (Å²) in [7, 11) is -2.71. The van der Waals surface area contributed by atoms with Gasteiger partial charge in [-0.3, -0.25) is 9.71 Å². The molecule has 0 fully saturated rings. The lowest BCUT2D eigenvalue weighted by atomic mass is 10.2. The first-order valence-electron chi connectivity index (χ1n) is 6.07. The molecule has 2 rings (SSSR count). The maximum absolute atomic E-state index is 12.4. The smallest absolute Gasteiger partial charge is 0.339 e. The van der Waals surface area contributed by atoms with Crippen LogP contribution in [0.5, 0.6) is 0 Å². The Kier molecular flexibility index (Phi) is 4.23. The summed E-state index contributed by atoms with van der Waals surface area (Å²) in [4.78, 5) is 15.5. The van der Waals surface area contributed by atoms with Gasteiger partial charge in [0.2, 0.25) is 0 Å². The van der Waals surface area contributed by atoms with E-state index < -0.39 is 16.0 Å². The summed E-state index contributed by atoms with van der Waals surface area (Å²) >= 11 is 0. The minimum Gasteiger partial charge on any atom is -0.465 e. The van der Waals surface area contributed by atoms with Crippen LogP contribution in [0.2, 0.25) is 0 Å². The van der Waals surface area contributed by atoms with Crippen molar-refractivity contribution in [2.75, 3.05) is 11.8 Å². The van der Waals surface area contributed by atoms with Gasteiger partial charge in [-0.1, -0.05) is 12.1 Å². The van der Waals surface area contributed by atoms with Gasteiger partial charge < -0.3 is 4.74 Å². The highest BCUT2D eigenvalue weighted by Gasteiger charge is 2.22. The number of carbonyl (C=O) groups is 1. The highest BCUT2D eigenvalue weighted by Crippen LogP contribution is 2.20. The molecule has 0 aliphatic rings. The van der Waals surface area contributed by atoms with E-state index >= 15 is 0 Å². The van der Waals surface area contributed by atoms with Crippen molar-refractivity contribution in [2.45, 2.75) is 11.8 Å². The highest BCUT2D eigenvalue weighted by molar-refractivity contribution is 7.92. The van der Waals surface area contributed by atoms with Crippen LogP contribution in [0.3, 0.4) is 0 Å². The number of nitrogens with one attached hydrogen (secondary N) is 1. The zero-order valence-corrected chi connectivity index (χ0v) is 12.3. The van der Waals surface area contributed by atoms with Crippen molar-refractivity contribution in [1.82, 2.24) is 4.98 Å². The maximum atomic E-state index is 12.4. The molecule has 1 aromatic heterocycles. The molecule has 0 spiro atoms. The Morgan fingerprint density at radius 2 is 1.90 bits per heavy atom. The molecule has 0 aliphatic carbocycles. The van der Waals surface area contributed by atoms with Gasteiger partial charge in [-0.25, -0.2) is 13.2 Å². The summed E-state index contributed by atoms with van der Waals surface area (Å²) in [5.41, 5.74) is 1.07. The monoisotopic (exact) mass is 306 g/mol. The Hall–Kier alpha value is -2.41. The Bertz CT molecular complexity index is 755. The molecule has 0 amide bonds. The van der Waals surface area contributed by atoms with E-state index in [9.17, 15) is 13.2 Å². The summed E-state index contributed by atoms with van der Waals surface area (Å²) in [6.07, 6.45) is 1.41. The average molecular weight is 306 g/mol. The van der Waals surface area contributed by atoms with E-state index in [1.807, 2.05) is 0 Å². The SMILES string of the molecule is COC(=O)c1ccccc1S(=O)(=O)Nc1ccc(C)nc1. The number of benzene rings is 1. The van der Waals surface area contributed by atoms with Gasteiger partial charge in [0.15, 0.2) is 0 Å². The van der Waals surface area contributed by atoms with E-state index in [4.69, 9.17) is 0 Å². The van der Waals surface area contributed by atoms with E-state index in [1.165, 1.54) is 31.5 Å². The van der Waals surface area contributed by atoms with Gasteiger partial charge in [-0.15, -0.1) is 0 Å². The Morgan fingerprint density at radius 1 is 1.19 bits per heavy atom. The van der Waals surface area contributed by atoms with E-state index in [2.05, 4.69) is 14.4 Å². The molecule has 2 aromatic rings. The van der Waals surface area contributed by atoms with Crippen molar-refractivity contribution in [2.24, 2.45) is 0 Å². The number of anilines is 1. The van der Waals surface area contributed by atoms with E-state index in [-0.39, 0.29) is 10.5 Å². The third-order valence-corrected chi connectivity index (χ3v) is 4.18. The van der Waals surface area contributed by atoms with Crippen LogP contribution in [0.1, 0.15) is 16.1 Å². The first kappa shape index (κ1) is 15.0. The molecule has 1 N–H and O–H groups in total. The fourth-order valence-corrected chi connectivity index (χ4v) is 2.96. The topological polar surface area (TPSA) is 85.4 Å². The number of sulfonamides is 1. The van der Waals surface area contributed by atoms with Gasteiger partial charge in [0.25, 0.3) is 10.0 Å².